The molecule has 0 radical (unpaired) electrons. The first kappa shape index (κ1) is 15.0. The Balaban J connectivity index is 1.89. The number of nitrogens with one attached hydrogen (secondary N) is 1. The number of alkyl halides is 2. The van der Waals surface area contributed by atoms with Crippen LogP contribution in [0.3, 0.4) is 0 Å². The lowest BCUT2D eigenvalue weighted by Gasteiger charge is -2.08. The van der Waals surface area contributed by atoms with Crippen LogP contribution in [0.15, 0.2) is 29.9 Å². The number of thiophene rings is 1. The zero-order chi connectivity index (χ0) is 14.4. The van der Waals surface area contributed by atoms with Crippen molar-refractivity contribution < 1.29 is 13.5 Å². The molecule has 0 aliphatic heterocycles. The molecule has 0 saturated carbocycles. The van der Waals surface area contributed by atoms with Crippen molar-refractivity contribution in [2.75, 3.05) is 7.11 Å². The molecular formula is C14H16F2N2OS. The van der Waals surface area contributed by atoms with Gasteiger partial charge in [-0.15, -0.1) is 11.3 Å². The van der Waals surface area contributed by atoms with Crippen molar-refractivity contribution in [3.63, 3.8) is 0 Å². The van der Waals surface area contributed by atoms with Gasteiger partial charge in [-0.1, -0.05) is 0 Å². The normalized spacial score (nSPS) is 11.2. The van der Waals surface area contributed by atoms with E-state index in [4.69, 9.17) is 4.74 Å². The lowest BCUT2D eigenvalue weighted by Crippen LogP contribution is -2.13. The highest BCUT2D eigenvalue weighted by atomic mass is 32.1. The molecule has 0 unspecified atom stereocenters. The van der Waals surface area contributed by atoms with E-state index < -0.39 is 6.43 Å². The molecule has 0 spiro atoms. The van der Waals surface area contributed by atoms with Gasteiger partial charge in [0, 0.05) is 43.0 Å². The fourth-order valence-electron chi connectivity index (χ4n) is 1.87. The Morgan fingerprint density at radius 2 is 2.25 bits per heavy atom. The van der Waals surface area contributed by atoms with E-state index in [2.05, 4.69) is 16.4 Å². The average molecular weight is 298 g/mol. The first-order valence-electron chi connectivity index (χ1n) is 6.17. The summed E-state index contributed by atoms with van der Waals surface area (Å²) < 4.78 is 30.6. The predicted octanol–water partition coefficient (Wildman–Crippen LogP) is 3.52. The number of rotatable bonds is 7. The van der Waals surface area contributed by atoms with Gasteiger partial charge >= 0.3 is 0 Å². The Kier molecular flexibility index (Phi) is 5.58. The van der Waals surface area contributed by atoms with E-state index >= 15 is 0 Å². The second-order valence-electron chi connectivity index (χ2n) is 4.33. The molecule has 20 heavy (non-hydrogen) atoms. The van der Waals surface area contributed by atoms with Crippen LogP contribution in [0.2, 0.25) is 0 Å². The van der Waals surface area contributed by atoms with Crippen molar-refractivity contribution in [1.82, 2.24) is 10.3 Å². The van der Waals surface area contributed by atoms with Gasteiger partial charge < -0.3 is 10.1 Å². The molecule has 3 nitrogen and oxygen atoms in total. The Morgan fingerprint density at radius 1 is 1.40 bits per heavy atom. The van der Waals surface area contributed by atoms with Gasteiger partial charge in [0.05, 0.1) is 6.61 Å². The average Bonchev–Trinajstić information content (AvgIpc) is 2.87. The van der Waals surface area contributed by atoms with E-state index in [-0.39, 0.29) is 5.56 Å². The summed E-state index contributed by atoms with van der Waals surface area (Å²) in [5.41, 5.74) is 1.71. The van der Waals surface area contributed by atoms with Crippen LogP contribution < -0.4 is 5.32 Å². The van der Waals surface area contributed by atoms with Crippen LogP contribution in [-0.2, 0) is 24.4 Å². The van der Waals surface area contributed by atoms with Crippen LogP contribution in [-0.4, -0.2) is 12.1 Å². The molecule has 2 aromatic heterocycles. The van der Waals surface area contributed by atoms with Gasteiger partial charge in [-0.25, -0.2) is 8.78 Å². The first-order chi connectivity index (χ1) is 9.70. The van der Waals surface area contributed by atoms with E-state index in [1.165, 1.54) is 12.4 Å². The van der Waals surface area contributed by atoms with Gasteiger partial charge in [-0.2, -0.15) is 0 Å². The van der Waals surface area contributed by atoms with E-state index in [0.29, 0.717) is 25.3 Å². The Bertz CT molecular complexity index is 545. The molecule has 0 fully saturated rings. The molecule has 2 aromatic rings. The third-order valence-corrected chi connectivity index (χ3v) is 3.80. The minimum absolute atomic E-state index is 0.00810. The fourth-order valence-corrected chi connectivity index (χ4v) is 2.72. The molecule has 0 saturated heterocycles. The van der Waals surface area contributed by atoms with E-state index in [0.717, 1.165) is 10.4 Å². The van der Waals surface area contributed by atoms with Gasteiger partial charge in [0.2, 0.25) is 0 Å². The first-order valence-corrected chi connectivity index (χ1v) is 7.05. The molecule has 0 atom stereocenters. The number of nitrogens with zero attached hydrogens (tertiary/aromatic N) is 1. The zero-order valence-corrected chi connectivity index (χ0v) is 11.9. The standard InChI is InChI=1S/C14H16F2N2OS/c1-19-8-10-4-12(20-9-10)6-18-5-11-2-3-17-7-13(11)14(15)16/h2-4,7,9,14,18H,5-6,8H2,1H3. The van der Waals surface area contributed by atoms with Crippen LogP contribution in [0.1, 0.15) is 28.0 Å². The van der Waals surface area contributed by atoms with Crippen molar-refractivity contribution in [3.05, 3.63) is 51.5 Å². The molecule has 1 N–H and O–H groups in total. The molecule has 0 bridgehead atoms. The summed E-state index contributed by atoms with van der Waals surface area (Å²) in [6.07, 6.45) is 0.268. The molecule has 0 aliphatic carbocycles. The Morgan fingerprint density at radius 3 is 3.00 bits per heavy atom. The quantitative estimate of drug-likeness (QED) is 0.849. The van der Waals surface area contributed by atoms with Crippen molar-refractivity contribution in [2.45, 2.75) is 26.1 Å². The van der Waals surface area contributed by atoms with Crippen LogP contribution in [0.25, 0.3) is 0 Å². The number of pyridine rings is 1. The summed E-state index contributed by atoms with van der Waals surface area (Å²) >= 11 is 1.63. The smallest absolute Gasteiger partial charge is 0.265 e. The van der Waals surface area contributed by atoms with Gasteiger partial charge in [-0.3, -0.25) is 4.98 Å². The second kappa shape index (κ2) is 7.42. The highest BCUT2D eigenvalue weighted by Gasteiger charge is 2.12. The monoisotopic (exact) mass is 298 g/mol. The maximum absolute atomic E-state index is 12.8. The summed E-state index contributed by atoms with van der Waals surface area (Å²) in [5.74, 6) is 0. The van der Waals surface area contributed by atoms with Crippen LogP contribution in [0.5, 0.6) is 0 Å². The second-order valence-corrected chi connectivity index (χ2v) is 5.33. The SMILES string of the molecule is COCc1csc(CNCc2ccncc2C(F)F)c1. The zero-order valence-electron chi connectivity index (χ0n) is 11.1. The number of hydrogen-bond acceptors (Lipinski definition) is 4. The Labute approximate surface area is 120 Å². The van der Waals surface area contributed by atoms with Gasteiger partial charge in [0.1, 0.15) is 0 Å². The highest BCUT2D eigenvalue weighted by molar-refractivity contribution is 7.10. The van der Waals surface area contributed by atoms with Crippen molar-refractivity contribution in [3.8, 4) is 0 Å². The minimum atomic E-state index is -2.49. The number of methoxy groups -OCH3 is 1. The number of ether oxygens (including phenoxy) is 1. The minimum Gasteiger partial charge on any atom is -0.380 e. The highest BCUT2D eigenvalue weighted by Crippen LogP contribution is 2.22. The summed E-state index contributed by atoms with van der Waals surface area (Å²) in [4.78, 5) is 4.89. The van der Waals surface area contributed by atoms with E-state index in [1.54, 1.807) is 24.5 Å². The van der Waals surface area contributed by atoms with Crippen molar-refractivity contribution in [2.24, 2.45) is 0 Å². The number of halogens is 2. The number of aromatic nitrogens is 1. The molecule has 6 heteroatoms. The van der Waals surface area contributed by atoms with Crippen LogP contribution in [0, 0.1) is 0 Å². The molecule has 108 valence electrons. The van der Waals surface area contributed by atoms with Crippen molar-refractivity contribution >= 4 is 11.3 Å². The maximum Gasteiger partial charge on any atom is 0.265 e. The molecule has 0 amide bonds. The molecule has 0 aromatic carbocycles. The third kappa shape index (κ3) is 4.06. The van der Waals surface area contributed by atoms with E-state index in [1.807, 2.05) is 5.38 Å². The van der Waals surface area contributed by atoms with E-state index in [9.17, 15) is 8.78 Å². The summed E-state index contributed by atoms with van der Waals surface area (Å²) in [7, 11) is 1.66. The van der Waals surface area contributed by atoms with Crippen LogP contribution >= 0.6 is 11.3 Å². The predicted molar refractivity (Wildman–Crippen MR) is 74.8 cm³/mol. The lowest BCUT2D eigenvalue weighted by atomic mass is 10.1. The number of hydrogen-bond donors (Lipinski definition) is 1. The fraction of sp³-hybridized carbons (Fsp3) is 0.357. The summed E-state index contributed by atoms with van der Waals surface area (Å²) in [5, 5.41) is 5.22. The van der Waals surface area contributed by atoms with Gasteiger partial charge in [-0.05, 0) is 28.6 Å². The van der Waals surface area contributed by atoms with Crippen LogP contribution in [0.4, 0.5) is 8.78 Å². The van der Waals surface area contributed by atoms with Gasteiger partial charge in [0.15, 0.2) is 0 Å². The van der Waals surface area contributed by atoms with Gasteiger partial charge in [0.25, 0.3) is 6.43 Å². The third-order valence-electron chi connectivity index (χ3n) is 2.82. The topological polar surface area (TPSA) is 34.1 Å². The lowest BCUT2D eigenvalue weighted by molar-refractivity contribution is 0.149. The molecule has 0 aliphatic rings. The van der Waals surface area contributed by atoms with Crippen molar-refractivity contribution in [1.29, 1.82) is 0 Å². The molecule has 2 rings (SSSR count). The largest absolute Gasteiger partial charge is 0.380 e. The Hall–Kier alpha value is -1.37. The molecular weight excluding hydrogens is 282 g/mol. The summed E-state index contributed by atoms with van der Waals surface area (Å²) in [6.45, 7) is 1.65. The summed E-state index contributed by atoms with van der Waals surface area (Å²) in [6, 6.07) is 3.68. The maximum atomic E-state index is 12.8. The molecule has 2 heterocycles.